The highest BCUT2D eigenvalue weighted by molar-refractivity contribution is 6.23. The van der Waals surface area contributed by atoms with Gasteiger partial charge in [-0.15, -0.1) is 0 Å². The van der Waals surface area contributed by atoms with Crippen molar-refractivity contribution in [1.29, 1.82) is 0 Å². The fourth-order valence-electron chi connectivity index (χ4n) is 3.31. The monoisotopic (exact) mass is 336 g/mol. The van der Waals surface area contributed by atoms with Crippen LogP contribution in [0.5, 0.6) is 0 Å². The van der Waals surface area contributed by atoms with Crippen LogP contribution in [0.3, 0.4) is 0 Å². The van der Waals surface area contributed by atoms with Crippen LogP contribution in [0.1, 0.15) is 37.3 Å². The maximum Gasteiger partial charge on any atom is 0.258 e. The second kappa shape index (κ2) is 7.09. The number of aryl methyl sites for hydroxylation is 2. The minimum Gasteiger partial charge on any atom is -0.272 e. The molecule has 4 heteroatoms. The molecule has 0 N–H and O–H groups in total. The van der Waals surface area contributed by atoms with Gasteiger partial charge in [-0.05, 0) is 43.5 Å². The average molecular weight is 336 g/mol. The SMILES string of the molecule is CCCCC1C(=O)N(c2ccccc2C)N(c2ccccc2C)C1=O. The Bertz CT molecular complexity index is 736. The van der Waals surface area contributed by atoms with Crippen LogP contribution in [0.2, 0.25) is 0 Å². The first-order valence-electron chi connectivity index (χ1n) is 8.85. The predicted octanol–water partition coefficient (Wildman–Crippen LogP) is 4.40. The third-order valence-corrected chi connectivity index (χ3v) is 4.75. The van der Waals surface area contributed by atoms with Crippen LogP contribution >= 0.6 is 0 Å². The first-order chi connectivity index (χ1) is 12.1. The van der Waals surface area contributed by atoms with Gasteiger partial charge in [0.2, 0.25) is 0 Å². The highest BCUT2D eigenvalue weighted by atomic mass is 16.2. The van der Waals surface area contributed by atoms with Gasteiger partial charge in [0, 0.05) is 0 Å². The number of amides is 2. The van der Waals surface area contributed by atoms with E-state index in [1.54, 1.807) is 10.0 Å². The van der Waals surface area contributed by atoms with E-state index in [9.17, 15) is 9.59 Å². The molecule has 2 amide bonds. The third-order valence-electron chi connectivity index (χ3n) is 4.75. The van der Waals surface area contributed by atoms with E-state index in [4.69, 9.17) is 0 Å². The van der Waals surface area contributed by atoms with Crippen molar-refractivity contribution in [2.45, 2.75) is 40.0 Å². The lowest BCUT2D eigenvalue weighted by Gasteiger charge is -2.29. The molecule has 1 fully saturated rings. The smallest absolute Gasteiger partial charge is 0.258 e. The summed E-state index contributed by atoms with van der Waals surface area (Å²) in [5.74, 6) is -0.855. The summed E-state index contributed by atoms with van der Waals surface area (Å²) < 4.78 is 0. The van der Waals surface area contributed by atoms with E-state index in [0.29, 0.717) is 6.42 Å². The van der Waals surface area contributed by atoms with E-state index < -0.39 is 5.92 Å². The summed E-state index contributed by atoms with van der Waals surface area (Å²) in [6.07, 6.45) is 2.43. The van der Waals surface area contributed by atoms with E-state index in [1.165, 1.54) is 0 Å². The van der Waals surface area contributed by atoms with Crippen LogP contribution in [0, 0.1) is 19.8 Å². The summed E-state index contributed by atoms with van der Waals surface area (Å²) in [6.45, 7) is 5.99. The summed E-state index contributed by atoms with van der Waals surface area (Å²) in [4.78, 5) is 26.3. The highest BCUT2D eigenvalue weighted by Crippen LogP contribution is 2.36. The number of para-hydroxylation sites is 2. The first kappa shape index (κ1) is 17.2. The van der Waals surface area contributed by atoms with E-state index in [0.717, 1.165) is 35.3 Å². The van der Waals surface area contributed by atoms with Gasteiger partial charge in [-0.2, -0.15) is 0 Å². The lowest BCUT2D eigenvalue weighted by molar-refractivity contribution is -0.127. The second-order valence-electron chi connectivity index (χ2n) is 6.57. The van der Waals surface area contributed by atoms with Crippen LogP contribution < -0.4 is 10.0 Å². The Labute approximate surface area is 149 Å². The summed E-state index contributed by atoms with van der Waals surface area (Å²) in [6, 6.07) is 15.4. The van der Waals surface area contributed by atoms with Gasteiger partial charge in [-0.1, -0.05) is 56.2 Å². The lowest BCUT2D eigenvalue weighted by Crippen LogP contribution is -2.42. The number of hydrazine groups is 1. The van der Waals surface area contributed by atoms with E-state index in [1.807, 2.05) is 62.4 Å². The van der Waals surface area contributed by atoms with Crippen molar-refractivity contribution in [3.63, 3.8) is 0 Å². The van der Waals surface area contributed by atoms with Gasteiger partial charge in [-0.25, -0.2) is 10.0 Å². The van der Waals surface area contributed by atoms with Gasteiger partial charge >= 0.3 is 0 Å². The fourth-order valence-corrected chi connectivity index (χ4v) is 3.31. The van der Waals surface area contributed by atoms with Crippen molar-refractivity contribution in [3.05, 3.63) is 59.7 Å². The number of rotatable bonds is 5. The number of carbonyl (C=O) groups is 2. The summed E-state index contributed by atoms with van der Waals surface area (Å²) in [5, 5.41) is 3.14. The van der Waals surface area contributed by atoms with Gasteiger partial charge in [0.15, 0.2) is 0 Å². The summed E-state index contributed by atoms with van der Waals surface area (Å²) in [5.41, 5.74) is 3.47. The molecule has 1 aliphatic heterocycles. The molecule has 0 unspecified atom stereocenters. The van der Waals surface area contributed by atoms with Crippen LogP contribution in [0.25, 0.3) is 0 Å². The van der Waals surface area contributed by atoms with Crippen LogP contribution in [0.15, 0.2) is 48.5 Å². The molecule has 4 nitrogen and oxygen atoms in total. The number of hydrogen-bond acceptors (Lipinski definition) is 2. The van der Waals surface area contributed by atoms with E-state index in [-0.39, 0.29) is 11.8 Å². The molecule has 25 heavy (non-hydrogen) atoms. The quantitative estimate of drug-likeness (QED) is 0.759. The largest absolute Gasteiger partial charge is 0.272 e. The molecule has 0 atom stereocenters. The molecule has 1 aliphatic rings. The Balaban J connectivity index is 2.11. The van der Waals surface area contributed by atoms with Gasteiger partial charge in [0.25, 0.3) is 11.8 Å². The number of benzene rings is 2. The number of hydrogen-bond donors (Lipinski definition) is 0. The van der Waals surface area contributed by atoms with E-state index in [2.05, 4.69) is 6.92 Å². The molecular formula is C21H24N2O2. The zero-order chi connectivity index (χ0) is 18.0. The van der Waals surface area contributed by atoms with Gasteiger partial charge in [-0.3, -0.25) is 9.59 Å². The highest BCUT2D eigenvalue weighted by Gasteiger charge is 2.47. The standard InChI is InChI=1S/C21H24N2O2/c1-4-5-12-17-20(24)22(18-13-8-6-10-15(18)2)23(21(17)25)19-14-9-7-11-16(19)3/h6-11,13-14,17H,4-5,12H2,1-3H3. The summed E-state index contributed by atoms with van der Waals surface area (Å²) >= 11 is 0. The van der Waals surface area contributed by atoms with Crippen molar-refractivity contribution in [3.8, 4) is 0 Å². The Morgan fingerprint density at radius 1 is 0.800 bits per heavy atom. The molecule has 2 aromatic carbocycles. The molecule has 1 heterocycles. The molecule has 0 spiro atoms. The normalized spacial score (nSPS) is 15.3. The Kier molecular flexibility index (Phi) is 4.88. The van der Waals surface area contributed by atoms with Gasteiger partial charge in [0.1, 0.15) is 5.92 Å². The minimum atomic E-state index is -0.598. The topological polar surface area (TPSA) is 40.6 Å². The molecule has 0 aromatic heterocycles. The maximum atomic E-state index is 13.1. The molecule has 1 saturated heterocycles. The second-order valence-corrected chi connectivity index (χ2v) is 6.57. The summed E-state index contributed by atoms with van der Waals surface area (Å²) in [7, 11) is 0. The molecular weight excluding hydrogens is 312 g/mol. The Morgan fingerprint density at radius 2 is 1.24 bits per heavy atom. The van der Waals surface area contributed by atoms with Crippen molar-refractivity contribution in [2.75, 3.05) is 10.0 Å². The van der Waals surface area contributed by atoms with Crippen molar-refractivity contribution in [1.82, 2.24) is 0 Å². The third kappa shape index (κ3) is 3.04. The van der Waals surface area contributed by atoms with Crippen molar-refractivity contribution < 1.29 is 9.59 Å². The zero-order valence-corrected chi connectivity index (χ0v) is 15.0. The molecule has 3 rings (SSSR count). The van der Waals surface area contributed by atoms with Crippen LogP contribution in [0.4, 0.5) is 11.4 Å². The average Bonchev–Trinajstić information content (AvgIpc) is 2.84. The minimum absolute atomic E-state index is 0.129. The molecule has 2 aromatic rings. The first-order valence-corrected chi connectivity index (χ1v) is 8.85. The van der Waals surface area contributed by atoms with Crippen LogP contribution in [-0.4, -0.2) is 11.8 Å². The predicted molar refractivity (Wildman–Crippen MR) is 100 cm³/mol. The van der Waals surface area contributed by atoms with Crippen molar-refractivity contribution >= 4 is 23.2 Å². The molecule has 0 saturated carbocycles. The van der Waals surface area contributed by atoms with Gasteiger partial charge in [0.05, 0.1) is 11.4 Å². The number of unbranched alkanes of at least 4 members (excludes halogenated alkanes) is 1. The number of nitrogens with zero attached hydrogens (tertiary/aromatic N) is 2. The molecule has 0 aliphatic carbocycles. The van der Waals surface area contributed by atoms with Crippen molar-refractivity contribution in [2.24, 2.45) is 5.92 Å². The Morgan fingerprint density at radius 3 is 1.64 bits per heavy atom. The molecule has 0 radical (unpaired) electrons. The fraction of sp³-hybridized carbons (Fsp3) is 0.333. The lowest BCUT2D eigenvalue weighted by atomic mass is 10.0. The number of carbonyl (C=O) groups excluding carboxylic acids is 2. The maximum absolute atomic E-state index is 13.1. The molecule has 0 bridgehead atoms. The molecule has 130 valence electrons. The van der Waals surface area contributed by atoms with Gasteiger partial charge < -0.3 is 0 Å². The van der Waals surface area contributed by atoms with E-state index >= 15 is 0 Å². The zero-order valence-electron chi connectivity index (χ0n) is 15.0. The Hall–Kier alpha value is -2.62. The number of anilines is 2. The van der Waals surface area contributed by atoms with Crippen LogP contribution in [-0.2, 0) is 9.59 Å².